The number of carbonyl (C=O) groups excluding carboxylic acids is 2. The Kier molecular flexibility index (Phi) is 10.0. The van der Waals surface area contributed by atoms with E-state index < -0.39 is 28.5 Å². The number of nitrogens with one attached hydrogen (secondary N) is 1. The predicted octanol–water partition coefficient (Wildman–Crippen LogP) is 5.42. The highest BCUT2D eigenvalue weighted by Gasteiger charge is 2.31. The minimum Gasteiger partial charge on any atom is -0.457 e. The van der Waals surface area contributed by atoms with E-state index in [4.69, 9.17) is 4.74 Å². The summed E-state index contributed by atoms with van der Waals surface area (Å²) in [7, 11) is -3.82. The summed E-state index contributed by atoms with van der Waals surface area (Å²) in [6.45, 7) is 3.42. The van der Waals surface area contributed by atoms with Crippen LogP contribution in [0.15, 0.2) is 78.9 Å². The lowest BCUT2D eigenvalue weighted by Gasteiger charge is -2.33. The molecule has 0 heterocycles. The summed E-state index contributed by atoms with van der Waals surface area (Å²) >= 11 is 0. The third-order valence-electron chi connectivity index (χ3n) is 7.38. The van der Waals surface area contributed by atoms with Crippen LogP contribution in [0.3, 0.4) is 0 Å². The van der Waals surface area contributed by atoms with Crippen molar-refractivity contribution in [2.45, 2.75) is 64.6 Å². The Morgan fingerprint density at radius 3 is 2.12 bits per heavy atom. The SMILES string of the molecule is Cc1ccc(CN(C(=O)CN(c2ccc(Oc3ccccc3)cc2)S(C)(=O)=O)[C@H](C)C(=O)NC2CCCCC2)cc1. The number of ether oxygens (including phenoxy) is 1. The predicted molar refractivity (Wildman–Crippen MR) is 161 cm³/mol. The van der Waals surface area contributed by atoms with Crippen molar-refractivity contribution in [3.8, 4) is 11.5 Å². The van der Waals surface area contributed by atoms with E-state index in [-0.39, 0.29) is 18.5 Å². The van der Waals surface area contributed by atoms with Crippen LogP contribution in [0.25, 0.3) is 0 Å². The smallest absolute Gasteiger partial charge is 0.244 e. The molecule has 0 radical (unpaired) electrons. The number of benzene rings is 3. The zero-order chi connectivity index (χ0) is 29.4. The third-order valence-corrected chi connectivity index (χ3v) is 8.52. The normalized spacial score (nSPS) is 14.6. The van der Waals surface area contributed by atoms with Crippen molar-refractivity contribution in [2.75, 3.05) is 17.1 Å². The fraction of sp³-hybridized carbons (Fsp3) is 0.375. The van der Waals surface area contributed by atoms with Gasteiger partial charge in [0.1, 0.15) is 24.1 Å². The molecule has 1 N–H and O–H groups in total. The van der Waals surface area contributed by atoms with E-state index in [9.17, 15) is 18.0 Å². The Balaban J connectivity index is 1.54. The van der Waals surface area contributed by atoms with Crippen LogP contribution in [0.1, 0.15) is 50.2 Å². The van der Waals surface area contributed by atoms with Crippen molar-refractivity contribution < 1.29 is 22.7 Å². The van der Waals surface area contributed by atoms with Gasteiger partial charge >= 0.3 is 0 Å². The van der Waals surface area contributed by atoms with Crippen LogP contribution in [0.2, 0.25) is 0 Å². The van der Waals surface area contributed by atoms with E-state index in [1.165, 1.54) is 11.3 Å². The molecule has 1 atom stereocenters. The number of sulfonamides is 1. The summed E-state index contributed by atoms with van der Waals surface area (Å²) in [5.74, 6) is 0.494. The number of carbonyl (C=O) groups is 2. The first-order chi connectivity index (χ1) is 19.6. The number of hydrogen-bond donors (Lipinski definition) is 1. The lowest BCUT2D eigenvalue weighted by molar-refractivity contribution is -0.139. The number of hydrogen-bond acceptors (Lipinski definition) is 5. The summed E-state index contributed by atoms with van der Waals surface area (Å²) in [6.07, 6.45) is 6.24. The molecular weight excluding hydrogens is 538 g/mol. The molecule has 2 amide bonds. The molecule has 0 spiro atoms. The van der Waals surface area contributed by atoms with Gasteiger partial charge in [-0.1, -0.05) is 67.3 Å². The first-order valence-corrected chi connectivity index (χ1v) is 15.9. The van der Waals surface area contributed by atoms with Gasteiger partial charge in [0.2, 0.25) is 21.8 Å². The molecule has 1 aliphatic carbocycles. The van der Waals surface area contributed by atoms with Crippen molar-refractivity contribution in [2.24, 2.45) is 0 Å². The fourth-order valence-corrected chi connectivity index (χ4v) is 5.81. The van der Waals surface area contributed by atoms with E-state index in [2.05, 4.69) is 5.32 Å². The highest BCUT2D eigenvalue weighted by atomic mass is 32.2. The molecule has 0 aliphatic heterocycles. The first-order valence-electron chi connectivity index (χ1n) is 14.1. The summed E-state index contributed by atoms with van der Waals surface area (Å²) in [5, 5.41) is 3.11. The van der Waals surface area contributed by atoms with E-state index in [1.54, 1.807) is 31.2 Å². The van der Waals surface area contributed by atoms with Gasteiger partial charge in [-0.25, -0.2) is 8.42 Å². The molecule has 8 nitrogen and oxygen atoms in total. The van der Waals surface area contributed by atoms with Gasteiger partial charge in [-0.2, -0.15) is 0 Å². The van der Waals surface area contributed by atoms with E-state index in [0.29, 0.717) is 17.2 Å². The molecule has 9 heteroatoms. The molecule has 4 rings (SSSR count). The summed E-state index contributed by atoms with van der Waals surface area (Å²) < 4.78 is 32.6. The Morgan fingerprint density at radius 2 is 1.51 bits per heavy atom. The minimum atomic E-state index is -3.82. The van der Waals surface area contributed by atoms with Gasteiger partial charge in [-0.15, -0.1) is 0 Å². The molecule has 3 aromatic rings. The zero-order valence-electron chi connectivity index (χ0n) is 24.0. The molecule has 3 aromatic carbocycles. The van der Waals surface area contributed by atoms with Gasteiger partial charge in [0.05, 0.1) is 11.9 Å². The molecule has 0 saturated heterocycles. The summed E-state index contributed by atoms with van der Waals surface area (Å²) in [6, 6.07) is 22.8. The van der Waals surface area contributed by atoms with Crippen LogP contribution in [0.5, 0.6) is 11.5 Å². The molecule has 0 bridgehead atoms. The van der Waals surface area contributed by atoms with Crippen LogP contribution >= 0.6 is 0 Å². The number of nitrogens with zero attached hydrogens (tertiary/aromatic N) is 2. The highest BCUT2D eigenvalue weighted by Crippen LogP contribution is 2.26. The molecule has 218 valence electrons. The fourth-order valence-electron chi connectivity index (χ4n) is 4.96. The standard InChI is InChI=1S/C32H39N3O5S/c1-24-14-16-26(17-15-24)22-34(25(2)32(37)33-27-10-6-4-7-11-27)31(36)23-35(41(3,38)39)28-18-20-30(21-19-28)40-29-12-8-5-9-13-29/h5,8-9,12-21,25,27H,4,6-7,10-11,22-23H2,1-3H3,(H,33,37)/t25-/m1/s1. The minimum absolute atomic E-state index is 0.0964. The lowest BCUT2D eigenvalue weighted by atomic mass is 9.95. The van der Waals surface area contributed by atoms with E-state index in [1.807, 2.05) is 61.5 Å². The van der Waals surface area contributed by atoms with E-state index in [0.717, 1.165) is 47.4 Å². The van der Waals surface area contributed by atoms with Gasteiger partial charge in [0.15, 0.2) is 0 Å². The molecular formula is C32H39N3O5S. The zero-order valence-corrected chi connectivity index (χ0v) is 24.8. The molecule has 0 unspecified atom stereocenters. The second-order valence-electron chi connectivity index (χ2n) is 10.7. The number of amides is 2. The molecule has 41 heavy (non-hydrogen) atoms. The maximum atomic E-state index is 13.8. The molecule has 1 aliphatic rings. The maximum Gasteiger partial charge on any atom is 0.244 e. The van der Waals surface area contributed by atoms with Gasteiger partial charge in [-0.3, -0.25) is 13.9 Å². The number of para-hydroxylation sites is 1. The van der Waals surface area contributed by atoms with Gasteiger partial charge < -0.3 is 15.0 Å². The Hall–Kier alpha value is -3.85. The van der Waals surface area contributed by atoms with Crippen LogP contribution in [0, 0.1) is 6.92 Å². The first kappa shape index (κ1) is 30.1. The lowest BCUT2D eigenvalue weighted by Crippen LogP contribution is -2.52. The maximum absolute atomic E-state index is 13.8. The largest absolute Gasteiger partial charge is 0.457 e. The summed E-state index contributed by atoms with van der Waals surface area (Å²) in [4.78, 5) is 28.6. The second-order valence-corrected chi connectivity index (χ2v) is 12.6. The highest BCUT2D eigenvalue weighted by molar-refractivity contribution is 7.92. The summed E-state index contributed by atoms with van der Waals surface area (Å²) in [5.41, 5.74) is 2.27. The van der Waals surface area contributed by atoms with E-state index >= 15 is 0 Å². The van der Waals surface area contributed by atoms with Crippen LogP contribution < -0.4 is 14.4 Å². The third kappa shape index (κ3) is 8.57. The average molecular weight is 578 g/mol. The number of aryl methyl sites for hydroxylation is 1. The molecule has 1 saturated carbocycles. The number of anilines is 1. The second kappa shape index (κ2) is 13.7. The van der Waals surface area contributed by atoms with Gasteiger partial charge in [-0.05, 0) is 68.7 Å². The van der Waals surface area contributed by atoms with Gasteiger partial charge in [0.25, 0.3) is 0 Å². The van der Waals surface area contributed by atoms with Crippen LogP contribution in [-0.2, 0) is 26.2 Å². The Bertz CT molecular complexity index is 1400. The number of rotatable bonds is 11. The Morgan fingerprint density at radius 1 is 0.902 bits per heavy atom. The topological polar surface area (TPSA) is 96.0 Å². The molecule has 1 fully saturated rings. The van der Waals surface area contributed by atoms with Gasteiger partial charge in [0, 0.05) is 12.6 Å². The quantitative estimate of drug-likeness (QED) is 0.328. The van der Waals surface area contributed by atoms with Crippen molar-refractivity contribution in [3.63, 3.8) is 0 Å². The molecule has 0 aromatic heterocycles. The van der Waals surface area contributed by atoms with Crippen molar-refractivity contribution in [3.05, 3.63) is 90.0 Å². The van der Waals surface area contributed by atoms with Crippen molar-refractivity contribution >= 4 is 27.5 Å². The average Bonchev–Trinajstić information content (AvgIpc) is 2.96. The van der Waals surface area contributed by atoms with Crippen molar-refractivity contribution in [1.29, 1.82) is 0 Å². The van der Waals surface area contributed by atoms with Crippen LogP contribution in [-0.4, -0.2) is 50.0 Å². The Labute approximate surface area is 243 Å². The van der Waals surface area contributed by atoms with Crippen LogP contribution in [0.4, 0.5) is 5.69 Å². The monoisotopic (exact) mass is 577 g/mol. The van der Waals surface area contributed by atoms with Crippen molar-refractivity contribution in [1.82, 2.24) is 10.2 Å².